The molecule has 0 fully saturated rings. The standard InChI is InChI=1S/C15H11FN4O2/c16-13-6-4-10(5-7-13)9-20-18-14(17-19-20)11-2-1-3-12(8-11)15(21)22/h1-8H,9H2,(H,21,22)/p-1. The summed E-state index contributed by atoms with van der Waals surface area (Å²) in [4.78, 5) is 12.2. The fourth-order valence-electron chi connectivity index (χ4n) is 1.96. The molecule has 0 aliphatic heterocycles. The average molecular weight is 297 g/mol. The Hall–Kier alpha value is -3.09. The lowest BCUT2D eigenvalue weighted by atomic mass is 10.1. The van der Waals surface area contributed by atoms with Gasteiger partial charge in [-0.05, 0) is 34.5 Å². The minimum absolute atomic E-state index is 0.0485. The first-order valence-corrected chi connectivity index (χ1v) is 6.46. The normalized spacial score (nSPS) is 10.6. The van der Waals surface area contributed by atoms with E-state index in [0.717, 1.165) is 5.56 Å². The number of carboxylic acid groups (broad SMARTS) is 1. The third-order valence-electron chi connectivity index (χ3n) is 3.05. The summed E-state index contributed by atoms with van der Waals surface area (Å²) in [6.07, 6.45) is 0. The molecule has 0 unspecified atom stereocenters. The van der Waals surface area contributed by atoms with Crippen molar-refractivity contribution in [3.63, 3.8) is 0 Å². The van der Waals surface area contributed by atoms with Crippen molar-refractivity contribution in [2.24, 2.45) is 0 Å². The highest BCUT2D eigenvalue weighted by atomic mass is 19.1. The quantitative estimate of drug-likeness (QED) is 0.714. The minimum atomic E-state index is -1.26. The number of carbonyl (C=O) groups excluding carboxylic acids is 1. The second-order valence-electron chi connectivity index (χ2n) is 4.64. The summed E-state index contributed by atoms with van der Waals surface area (Å²) < 4.78 is 12.9. The number of halogens is 1. The predicted octanol–water partition coefficient (Wildman–Crippen LogP) is 0.891. The van der Waals surface area contributed by atoms with E-state index in [1.54, 1.807) is 24.3 Å². The van der Waals surface area contributed by atoms with E-state index in [4.69, 9.17) is 0 Å². The fraction of sp³-hybridized carbons (Fsp3) is 0.0667. The van der Waals surface area contributed by atoms with Crippen LogP contribution in [0.3, 0.4) is 0 Å². The molecule has 1 aromatic heterocycles. The third kappa shape index (κ3) is 2.98. The smallest absolute Gasteiger partial charge is 0.204 e. The Morgan fingerprint density at radius 2 is 1.95 bits per heavy atom. The first-order chi connectivity index (χ1) is 10.6. The Morgan fingerprint density at radius 3 is 2.68 bits per heavy atom. The van der Waals surface area contributed by atoms with Crippen LogP contribution in [0, 0.1) is 5.82 Å². The zero-order valence-electron chi connectivity index (χ0n) is 11.3. The molecular weight excluding hydrogens is 287 g/mol. The summed E-state index contributed by atoms with van der Waals surface area (Å²) in [5.41, 5.74) is 1.41. The number of tetrazole rings is 1. The van der Waals surface area contributed by atoms with Gasteiger partial charge in [-0.25, -0.2) is 4.39 Å². The van der Waals surface area contributed by atoms with Crippen molar-refractivity contribution in [2.75, 3.05) is 0 Å². The molecule has 0 aliphatic carbocycles. The number of hydrogen-bond donors (Lipinski definition) is 0. The van der Waals surface area contributed by atoms with E-state index in [-0.39, 0.29) is 11.4 Å². The summed E-state index contributed by atoms with van der Waals surface area (Å²) in [7, 11) is 0. The van der Waals surface area contributed by atoms with Gasteiger partial charge >= 0.3 is 0 Å². The van der Waals surface area contributed by atoms with Gasteiger partial charge in [-0.3, -0.25) is 0 Å². The predicted molar refractivity (Wildman–Crippen MR) is 73.1 cm³/mol. The monoisotopic (exact) mass is 297 g/mol. The molecule has 0 bridgehead atoms. The van der Waals surface area contributed by atoms with Crippen LogP contribution in [-0.4, -0.2) is 26.2 Å². The number of rotatable bonds is 4. The van der Waals surface area contributed by atoms with Crippen LogP contribution in [0.2, 0.25) is 0 Å². The van der Waals surface area contributed by atoms with Crippen molar-refractivity contribution < 1.29 is 14.3 Å². The molecule has 0 radical (unpaired) electrons. The van der Waals surface area contributed by atoms with Crippen molar-refractivity contribution in [1.29, 1.82) is 0 Å². The lowest BCUT2D eigenvalue weighted by molar-refractivity contribution is -0.255. The Kier molecular flexibility index (Phi) is 3.61. The Morgan fingerprint density at radius 1 is 1.18 bits per heavy atom. The molecule has 6 nitrogen and oxygen atoms in total. The highest BCUT2D eigenvalue weighted by Gasteiger charge is 2.07. The first-order valence-electron chi connectivity index (χ1n) is 6.46. The summed E-state index contributed by atoms with van der Waals surface area (Å²) in [6, 6.07) is 12.1. The maximum absolute atomic E-state index is 12.9. The number of hydrogen-bond acceptors (Lipinski definition) is 5. The van der Waals surface area contributed by atoms with E-state index >= 15 is 0 Å². The molecule has 2 aromatic carbocycles. The zero-order chi connectivity index (χ0) is 15.5. The number of aromatic nitrogens is 4. The lowest BCUT2D eigenvalue weighted by Gasteiger charge is -2.02. The molecular formula is C15H10FN4O2-. The largest absolute Gasteiger partial charge is 0.545 e. The van der Waals surface area contributed by atoms with E-state index in [1.807, 2.05) is 0 Å². The Bertz CT molecular complexity index is 814. The van der Waals surface area contributed by atoms with Gasteiger partial charge in [-0.15, -0.1) is 10.2 Å². The van der Waals surface area contributed by atoms with Crippen LogP contribution in [-0.2, 0) is 6.54 Å². The van der Waals surface area contributed by atoms with Crippen molar-refractivity contribution in [2.45, 2.75) is 6.54 Å². The van der Waals surface area contributed by atoms with E-state index in [2.05, 4.69) is 15.4 Å². The number of benzene rings is 2. The second kappa shape index (κ2) is 5.72. The zero-order valence-corrected chi connectivity index (χ0v) is 11.3. The topological polar surface area (TPSA) is 83.7 Å². The maximum Gasteiger partial charge on any atom is 0.204 e. The van der Waals surface area contributed by atoms with Crippen LogP contribution in [0.5, 0.6) is 0 Å². The van der Waals surface area contributed by atoms with E-state index < -0.39 is 5.97 Å². The van der Waals surface area contributed by atoms with Gasteiger partial charge in [0.05, 0.1) is 12.5 Å². The molecule has 0 spiro atoms. The van der Waals surface area contributed by atoms with Crippen molar-refractivity contribution in [3.05, 3.63) is 65.5 Å². The minimum Gasteiger partial charge on any atom is -0.545 e. The Balaban J connectivity index is 1.83. The van der Waals surface area contributed by atoms with Gasteiger partial charge in [0.2, 0.25) is 5.82 Å². The van der Waals surface area contributed by atoms with Gasteiger partial charge in [-0.1, -0.05) is 30.3 Å². The molecule has 7 heteroatoms. The van der Waals surface area contributed by atoms with Gasteiger partial charge in [0, 0.05) is 5.56 Å². The Labute approximate surface area is 124 Å². The molecule has 0 amide bonds. The molecule has 1 heterocycles. The molecule has 0 saturated heterocycles. The molecule has 0 atom stereocenters. The number of carbonyl (C=O) groups is 1. The maximum atomic E-state index is 12.9. The van der Waals surface area contributed by atoms with Crippen molar-refractivity contribution >= 4 is 5.97 Å². The van der Waals surface area contributed by atoms with Gasteiger partial charge in [0.15, 0.2) is 0 Å². The number of carboxylic acids is 1. The van der Waals surface area contributed by atoms with Gasteiger partial charge in [0.1, 0.15) is 5.82 Å². The van der Waals surface area contributed by atoms with Crippen LogP contribution in [0.25, 0.3) is 11.4 Å². The van der Waals surface area contributed by atoms with Gasteiger partial charge in [-0.2, -0.15) is 4.80 Å². The summed E-state index contributed by atoms with van der Waals surface area (Å²) in [6.45, 7) is 0.341. The first kappa shape index (κ1) is 13.9. The molecule has 110 valence electrons. The summed E-state index contributed by atoms with van der Waals surface area (Å²) in [5.74, 6) is -1.26. The third-order valence-corrected chi connectivity index (χ3v) is 3.05. The van der Waals surface area contributed by atoms with Crippen LogP contribution in [0.1, 0.15) is 15.9 Å². The van der Waals surface area contributed by atoms with Crippen LogP contribution in [0.15, 0.2) is 48.5 Å². The molecule has 3 aromatic rings. The average Bonchev–Trinajstić information content (AvgIpc) is 2.98. The summed E-state index contributed by atoms with van der Waals surface area (Å²) >= 11 is 0. The van der Waals surface area contributed by atoms with Crippen LogP contribution in [0.4, 0.5) is 4.39 Å². The molecule has 0 aliphatic rings. The van der Waals surface area contributed by atoms with Crippen molar-refractivity contribution in [1.82, 2.24) is 20.2 Å². The molecule has 0 saturated carbocycles. The highest BCUT2D eigenvalue weighted by molar-refractivity contribution is 5.87. The van der Waals surface area contributed by atoms with E-state index in [1.165, 1.54) is 29.1 Å². The van der Waals surface area contributed by atoms with E-state index in [0.29, 0.717) is 17.9 Å². The lowest BCUT2D eigenvalue weighted by Crippen LogP contribution is -2.22. The number of nitrogens with zero attached hydrogens (tertiary/aromatic N) is 4. The fourth-order valence-corrected chi connectivity index (χ4v) is 1.96. The SMILES string of the molecule is O=C([O-])c1cccc(-c2nnn(Cc3ccc(F)cc3)n2)c1. The van der Waals surface area contributed by atoms with Gasteiger partial charge in [0.25, 0.3) is 0 Å². The summed E-state index contributed by atoms with van der Waals surface area (Å²) in [5, 5.41) is 22.8. The van der Waals surface area contributed by atoms with Gasteiger partial charge < -0.3 is 9.90 Å². The molecule has 22 heavy (non-hydrogen) atoms. The second-order valence-corrected chi connectivity index (χ2v) is 4.64. The molecule has 0 N–H and O–H groups in total. The van der Waals surface area contributed by atoms with Crippen LogP contribution < -0.4 is 5.11 Å². The van der Waals surface area contributed by atoms with Crippen molar-refractivity contribution in [3.8, 4) is 11.4 Å². The van der Waals surface area contributed by atoms with E-state index in [9.17, 15) is 14.3 Å². The molecule has 3 rings (SSSR count). The number of aromatic carboxylic acids is 1. The van der Waals surface area contributed by atoms with Crippen LogP contribution >= 0.6 is 0 Å². The highest BCUT2D eigenvalue weighted by Crippen LogP contribution is 2.15.